The number of hydrogen-bond acceptors (Lipinski definition) is 4. The molecule has 2 amide bonds. The van der Waals surface area contributed by atoms with Crippen LogP contribution in [0, 0.1) is 7.14 Å². The summed E-state index contributed by atoms with van der Waals surface area (Å²) >= 11 is 4.25. The summed E-state index contributed by atoms with van der Waals surface area (Å²) in [5.74, 6) is -1.99. The van der Waals surface area contributed by atoms with Crippen molar-refractivity contribution in [2.75, 3.05) is 6.54 Å². The van der Waals surface area contributed by atoms with Crippen molar-refractivity contribution in [3.05, 3.63) is 66.8 Å². The molecule has 0 aliphatic heterocycles. The molecule has 4 N–H and O–H groups in total. The predicted octanol–water partition coefficient (Wildman–Crippen LogP) is 2.65. The fraction of sp³-hybridized carbons (Fsp3) is 0.250. The third-order valence-corrected chi connectivity index (χ3v) is 5.54. The zero-order valence-corrected chi connectivity index (χ0v) is 19.6. The minimum Gasteiger partial charge on any atom is -0.480 e. The molecule has 154 valence electrons. The lowest BCUT2D eigenvalue weighted by Crippen LogP contribution is -2.42. The number of aliphatic hydroxyl groups excluding tert-OH is 1. The number of carboxylic acids is 1. The van der Waals surface area contributed by atoms with Crippen molar-refractivity contribution in [1.82, 2.24) is 10.6 Å². The number of rotatable bonds is 9. The quantitative estimate of drug-likeness (QED) is 0.322. The normalized spacial score (nSPS) is 12.7. The molecule has 2 aromatic rings. The van der Waals surface area contributed by atoms with Crippen LogP contribution in [0.2, 0.25) is 0 Å². The van der Waals surface area contributed by atoms with E-state index in [0.29, 0.717) is 11.1 Å². The Labute approximate surface area is 195 Å². The highest BCUT2D eigenvalue weighted by Gasteiger charge is 2.22. The van der Waals surface area contributed by atoms with Gasteiger partial charge in [0.15, 0.2) is 0 Å². The average Bonchev–Trinajstić information content (AvgIpc) is 2.69. The highest BCUT2D eigenvalue weighted by molar-refractivity contribution is 14.1. The molecule has 29 heavy (non-hydrogen) atoms. The van der Waals surface area contributed by atoms with Crippen LogP contribution < -0.4 is 10.6 Å². The summed E-state index contributed by atoms with van der Waals surface area (Å²) in [5, 5.41) is 24.5. The number of carboxylic acid groups (broad SMARTS) is 1. The lowest BCUT2D eigenvalue weighted by Gasteiger charge is -2.17. The Hall–Kier alpha value is -1.73. The van der Waals surface area contributed by atoms with E-state index < -0.39 is 24.0 Å². The van der Waals surface area contributed by atoms with E-state index in [2.05, 4.69) is 55.8 Å². The molecule has 0 fully saturated rings. The predicted molar refractivity (Wildman–Crippen MR) is 125 cm³/mol. The largest absolute Gasteiger partial charge is 0.480 e. The second-order valence-corrected chi connectivity index (χ2v) is 8.81. The van der Waals surface area contributed by atoms with E-state index in [1.54, 1.807) is 48.5 Å². The van der Waals surface area contributed by atoms with E-state index in [4.69, 9.17) is 0 Å². The second kappa shape index (κ2) is 11.5. The molecule has 2 rings (SSSR count). The van der Waals surface area contributed by atoms with Gasteiger partial charge >= 0.3 is 5.97 Å². The Bertz CT molecular complexity index is 856. The molecule has 0 saturated heterocycles. The number of hydrogen-bond donors (Lipinski definition) is 4. The third kappa shape index (κ3) is 7.90. The van der Waals surface area contributed by atoms with Gasteiger partial charge in [-0.25, -0.2) is 4.79 Å². The third-order valence-electron chi connectivity index (χ3n) is 4.10. The van der Waals surface area contributed by atoms with E-state index in [-0.39, 0.29) is 25.3 Å². The molecule has 2 unspecified atom stereocenters. The van der Waals surface area contributed by atoms with Crippen LogP contribution in [-0.4, -0.2) is 46.7 Å². The van der Waals surface area contributed by atoms with E-state index in [1.165, 1.54) is 0 Å². The Balaban J connectivity index is 1.82. The number of halogens is 2. The van der Waals surface area contributed by atoms with Gasteiger partial charge in [-0.05, 0) is 107 Å². The van der Waals surface area contributed by atoms with E-state index in [1.807, 2.05) is 0 Å². The molecule has 0 heterocycles. The Morgan fingerprint density at radius 1 is 0.828 bits per heavy atom. The van der Waals surface area contributed by atoms with Gasteiger partial charge in [0.2, 0.25) is 0 Å². The number of nitrogens with one attached hydrogen (secondary N) is 2. The van der Waals surface area contributed by atoms with Gasteiger partial charge in [0, 0.05) is 24.8 Å². The molecule has 0 aliphatic carbocycles. The number of amides is 2. The van der Waals surface area contributed by atoms with Gasteiger partial charge in [-0.1, -0.05) is 0 Å². The Morgan fingerprint density at radius 3 is 1.79 bits per heavy atom. The number of carbonyl (C=O) groups excluding carboxylic acids is 2. The van der Waals surface area contributed by atoms with Gasteiger partial charge in [0.25, 0.3) is 11.8 Å². The topological polar surface area (TPSA) is 116 Å². The minimum absolute atomic E-state index is 0.0117. The maximum Gasteiger partial charge on any atom is 0.326 e. The first-order valence-corrected chi connectivity index (χ1v) is 10.9. The molecule has 2 atom stereocenters. The van der Waals surface area contributed by atoms with Crippen LogP contribution in [0.15, 0.2) is 48.5 Å². The van der Waals surface area contributed by atoms with Gasteiger partial charge in [-0.2, -0.15) is 0 Å². The summed E-state index contributed by atoms with van der Waals surface area (Å²) in [5.41, 5.74) is 0.841. The fourth-order valence-corrected chi connectivity index (χ4v) is 3.19. The summed E-state index contributed by atoms with van der Waals surface area (Å²) in [4.78, 5) is 35.7. The molecule has 0 aliphatic rings. The number of benzene rings is 2. The molecule has 0 radical (unpaired) electrons. The zero-order valence-electron chi connectivity index (χ0n) is 15.3. The molecule has 7 nitrogen and oxygen atoms in total. The highest BCUT2D eigenvalue weighted by atomic mass is 127. The van der Waals surface area contributed by atoms with Crippen molar-refractivity contribution >= 4 is 63.0 Å². The van der Waals surface area contributed by atoms with Crippen LogP contribution in [-0.2, 0) is 4.79 Å². The van der Waals surface area contributed by atoms with Crippen LogP contribution in [0.3, 0.4) is 0 Å². The fourth-order valence-electron chi connectivity index (χ4n) is 2.48. The molecule has 2 aromatic carbocycles. The standard InChI is InChI=1S/C20H20I2N2O5/c21-14-5-1-12(2-6-14)18(26)23-11-16(25)9-10-17(20(28)29)24-19(27)13-3-7-15(22)8-4-13/h1-8,16-17,25H,9-11H2,(H,23,26)(H,24,27)(H,28,29). The van der Waals surface area contributed by atoms with Crippen molar-refractivity contribution in [2.24, 2.45) is 0 Å². The van der Waals surface area contributed by atoms with Crippen molar-refractivity contribution in [1.29, 1.82) is 0 Å². The zero-order chi connectivity index (χ0) is 21.4. The number of aliphatic carboxylic acids is 1. The van der Waals surface area contributed by atoms with Gasteiger partial charge < -0.3 is 20.8 Å². The summed E-state index contributed by atoms with van der Waals surface area (Å²) in [6.45, 7) is -0.0117. The Kier molecular flexibility index (Phi) is 9.30. The van der Waals surface area contributed by atoms with E-state index >= 15 is 0 Å². The van der Waals surface area contributed by atoms with Gasteiger partial charge in [0.1, 0.15) is 6.04 Å². The van der Waals surface area contributed by atoms with Crippen LogP contribution in [0.4, 0.5) is 0 Å². The number of aliphatic hydroxyl groups is 1. The van der Waals surface area contributed by atoms with Gasteiger partial charge in [-0.15, -0.1) is 0 Å². The first-order valence-electron chi connectivity index (χ1n) is 8.77. The van der Waals surface area contributed by atoms with E-state index in [9.17, 15) is 24.6 Å². The van der Waals surface area contributed by atoms with Crippen LogP contribution in [0.5, 0.6) is 0 Å². The van der Waals surface area contributed by atoms with Gasteiger partial charge in [-0.3, -0.25) is 9.59 Å². The summed E-state index contributed by atoms with van der Waals surface area (Å²) in [6.07, 6.45) is -0.789. The molecule has 0 bridgehead atoms. The minimum atomic E-state index is -1.18. The molecular formula is C20H20I2N2O5. The first-order chi connectivity index (χ1) is 13.8. The van der Waals surface area contributed by atoms with Crippen LogP contribution in [0.25, 0.3) is 0 Å². The molecule has 0 saturated carbocycles. The van der Waals surface area contributed by atoms with Gasteiger partial charge in [0.05, 0.1) is 6.10 Å². The monoisotopic (exact) mass is 622 g/mol. The van der Waals surface area contributed by atoms with Crippen LogP contribution >= 0.6 is 45.2 Å². The van der Waals surface area contributed by atoms with Crippen molar-refractivity contribution in [2.45, 2.75) is 25.0 Å². The lowest BCUT2D eigenvalue weighted by molar-refractivity contribution is -0.139. The second-order valence-electron chi connectivity index (χ2n) is 6.32. The highest BCUT2D eigenvalue weighted by Crippen LogP contribution is 2.09. The summed E-state index contributed by atoms with van der Waals surface area (Å²) in [7, 11) is 0. The smallest absolute Gasteiger partial charge is 0.326 e. The summed E-state index contributed by atoms with van der Waals surface area (Å²) in [6, 6.07) is 12.6. The van der Waals surface area contributed by atoms with Crippen molar-refractivity contribution in [3.63, 3.8) is 0 Å². The summed E-state index contributed by atoms with van der Waals surface area (Å²) < 4.78 is 1.97. The lowest BCUT2D eigenvalue weighted by atomic mass is 10.1. The van der Waals surface area contributed by atoms with Crippen molar-refractivity contribution < 1.29 is 24.6 Å². The number of carbonyl (C=O) groups is 3. The van der Waals surface area contributed by atoms with Crippen molar-refractivity contribution in [3.8, 4) is 0 Å². The van der Waals surface area contributed by atoms with Crippen LogP contribution in [0.1, 0.15) is 33.6 Å². The SMILES string of the molecule is O=C(NCC(O)CCC(NC(=O)c1ccc(I)cc1)C(=O)O)c1ccc(I)cc1. The Morgan fingerprint density at radius 2 is 1.31 bits per heavy atom. The molecule has 9 heteroatoms. The first kappa shape index (κ1) is 23.5. The maximum atomic E-state index is 12.2. The molecular weight excluding hydrogens is 602 g/mol. The van der Waals surface area contributed by atoms with E-state index in [0.717, 1.165) is 7.14 Å². The maximum absolute atomic E-state index is 12.2. The molecule has 0 aromatic heterocycles. The average molecular weight is 622 g/mol. The molecule has 0 spiro atoms.